The minimum atomic E-state index is -4.50. The SMILES string of the molecule is Cc1ccccc1N1C(=O)CSC1c1cccc(NC(=O)Nc2cccc(C(F)(F)F)c2)c1. The van der Waals surface area contributed by atoms with Gasteiger partial charge in [-0.15, -0.1) is 11.8 Å². The van der Waals surface area contributed by atoms with Gasteiger partial charge in [-0.3, -0.25) is 9.69 Å². The number of benzene rings is 3. The number of nitrogens with zero attached hydrogens (tertiary/aromatic N) is 1. The fourth-order valence-electron chi connectivity index (χ4n) is 3.60. The van der Waals surface area contributed by atoms with E-state index in [-0.39, 0.29) is 17.0 Å². The number of urea groups is 1. The normalized spacial score (nSPS) is 16.1. The van der Waals surface area contributed by atoms with Gasteiger partial charge in [-0.05, 0) is 54.4 Å². The second-order valence-corrected chi connectivity index (χ2v) is 8.57. The molecule has 0 bridgehead atoms. The maximum atomic E-state index is 12.9. The Bertz CT molecular complexity index is 1200. The van der Waals surface area contributed by atoms with Crippen LogP contribution in [0.1, 0.15) is 22.1 Å². The summed E-state index contributed by atoms with van der Waals surface area (Å²) in [5.41, 5.74) is 2.28. The lowest BCUT2D eigenvalue weighted by Crippen LogP contribution is -2.28. The quantitative estimate of drug-likeness (QED) is 0.461. The first kappa shape index (κ1) is 22.7. The van der Waals surface area contributed by atoms with Crippen molar-refractivity contribution in [3.05, 3.63) is 89.5 Å². The number of alkyl halides is 3. The van der Waals surface area contributed by atoms with Gasteiger partial charge in [0.05, 0.1) is 11.3 Å². The number of anilines is 3. The largest absolute Gasteiger partial charge is 0.416 e. The molecule has 1 fully saturated rings. The van der Waals surface area contributed by atoms with Crippen LogP contribution in [0.15, 0.2) is 72.8 Å². The van der Waals surface area contributed by atoms with Crippen molar-refractivity contribution in [3.8, 4) is 0 Å². The molecule has 0 aliphatic carbocycles. The molecule has 0 radical (unpaired) electrons. The van der Waals surface area contributed by atoms with Crippen LogP contribution >= 0.6 is 11.8 Å². The number of aryl methyl sites for hydroxylation is 1. The zero-order valence-electron chi connectivity index (χ0n) is 17.5. The van der Waals surface area contributed by atoms with Gasteiger partial charge in [0.1, 0.15) is 5.37 Å². The molecule has 33 heavy (non-hydrogen) atoms. The molecule has 1 aliphatic rings. The Morgan fingerprint density at radius 1 is 0.970 bits per heavy atom. The van der Waals surface area contributed by atoms with E-state index in [9.17, 15) is 22.8 Å². The number of amides is 3. The van der Waals surface area contributed by atoms with Crippen LogP contribution in [0.3, 0.4) is 0 Å². The molecule has 1 unspecified atom stereocenters. The molecule has 2 N–H and O–H groups in total. The van der Waals surface area contributed by atoms with Gasteiger partial charge in [-0.25, -0.2) is 4.79 Å². The topological polar surface area (TPSA) is 61.4 Å². The molecular weight excluding hydrogens is 451 g/mol. The third-order valence-electron chi connectivity index (χ3n) is 5.12. The summed E-state index contributed by atoms with van der Waals surface area (Å²) in [6.45, 7) is 1.94. The lowest BCUT2D eigenvalue weighted by molar-refractivity contribution is -0.137. The summed E-state index contributed by atoms with van der Waals surface area (Å²) < 4.78 is 38.7. The first-order valence-corrected chi connectivity index (χ1v) is 11.1. The van der Waals surface area contributed by atoms with Gasteiger partial charge < -0.3 is 10.6 Å². The molecular formula is C24H20F3N3O2S. The first-order chi connectivity index (χ1) is 15.7. The number of para-hydroxylation sites is 1. The van der Waals surface area contributed by atoms with Crippen LogP contribution in [-0.2, 0) is 11.0 Å². The molecule has 0 spiro atoms. The van der Waals surface area contributed by atoms with Crippen molar-refractivity contribution in [1.82, 2.24) is 0 Å². The minimum absolute atomic E-state index is 0.0000447. The highest BCUT2D eigenvalue weighted by atomic mass is 32.2. The van der Waals surface area contributed by atoms with Crippen LogP contribution in [0, 0.1) is 6.92 Å². The van der Waals surface area contributed by atoms with Crippen LogP contribution in [0.2, 0.25) is 0 Å². The average Bonchev–Trinajstić information content (AvgIpc) is 3.15. The number of hydrogen-bond acceptors (Lipinski definition) is 3. The van der Waals surface area contributed by atoms with Crippen molar-refractivity contribution in [3.63, 3.8) is 0 Å². The van der Waals surface area contributed by atoms with E-state index in [4.69, 9.17) is 0 Å². The highest BCUT2D eigenvalue weighted by molar-refractivity contribution is 8.00. The zero-order chi connectivity index (χ0) is 23.6. The Labute approximate surface area is 193 Å². The molecule has 170 valence electrons. The molecule has 9 heteroatoms. The van der Waals surface area contributed by atoms with Crippen molar-refractivity contribution in [2.75, 3.05) is 21.3 Å². The molecule has 0 aromatic heterocycles. The van der Waals surface area contributed by atoms with Gasteiger partial charge in [0.25, 0.3) is 0 Å². The first-order valence-electron chi connectivity index (χ1n) is 10.1. The summed E-state index contributed by atoms with van der Waals surface area (Å²) >= 11 is 1.49. The van der Waals surface area contributed by atoms with E-state index in [0.717, 1.165) is 28.9 Å². The molecule has 1 aliphatic heterocycles. The molecule has 3 aromatic rings. The Morgan fingerprint density at radius 2 is 1.64 bits per heavy atom. The summed E-state index contributed by atoms with van der Waals surface area (Å²) in [6.07, 6.45) is -4.50. The standard InChI is InChI=1S/C24H20F3N3O2S/c1-15-6-2-3-11-20(15)30-21(31)14-33-22(30)16-7-4-9-18(12-16)28-23(32)29-19-10-5-8-17(13-19)24(25,26)27/h2-13,22H,14H2,1H3,(H2,28,29,32). The highest BCUT2D eigenvalue weighted by Crippen LogP contribution is 2.43. The number of nitrogens with one attached hydrogen (secondary N) is 2. The summed E-state index contributed by atoms with van der Waals surface area (Å²) in [7, 11) is 0. The number of halogens is 3. The van der Waals surface area contributed by atoms with E-state index in [1.54, 1.807) is 23.1 Å². The Morgan fingerprint density at radius 3 is 2.33 bits per heavy atom. The smallest absolute Gasteiger partial charge is 0.308 e. The van der Waals surface area contributed by atoms with Crippen LogP contribution in [-0.4, -0.2) is 17.7 Å². The van der Waals surface area contributed by atoms with Crippen molar-refractivity contribution in [2.45, 2.75) is 18.5 Å². The highest BCUT2D eigenvalue weighted by Gasteiger charge is 2.35. The fraction of sp³-hybridized carbons (Fsp3) is 0.167. The monoisotopic (exact) mass is 471 g/mol. The maximum absolute atomic E-state index is 12.9. The van der Waals surface area contributed by atoms with E-state index in [1.165, 1.54) is 23.9 Å². The van der Waals surface area contributed by atoms with Gasteiger partial charge in [0.2, 0.25) is 5.91 Å². The Balaban J connectivity index is 1.51. The average molecular weight is 472 g/mol. The van der Waals surface area contributed by atoms with Gasteiger partial charge in [-0.1, -0.05) is 36.4 Å². The molecule has 1 saturated heterocycles. The van der Waals surface area contributed by atoms with E-state index in [1.807, 2.05) is 37.3 Å². The summed E-state index contributed by atoms with van der Waals surface area (Å²) in [5, 5.41) is 4.81. The van der Waals surface area contributed by atoms with Crippen LogP contribution < -0.4 is 15.5 Å². The maximum Gasteiger partial charge on any atom is 0.416 e. The van der Waals surface area contributed by atoms with Crippen LogP contribution in [0.25, 0.3) is 0 Å². The lowest BCUT2D eigenvalue weighted by Gasteiger charge is -2.26. The molecule has 1 atom stereocenters. The molecule has 3 aromatic carbocycles. The number of hydrogen-bond donors (Lipinski definition) is 2. The molecule has 0 saturated carbocycles. The fourth-order valence-corrected chi connectivity index (χ4v) is 4.76. The van der Waals surface area contributed by atoms with E-state index >= 15 is 0 Å². The number of thioether (sulfide) groups is 1. The van der Waals surface area contributed by atoms with Crippen molar-refractivity contribution in [1.29, 1.82) is 0 Å². The minimum Gasteiger partial charge on any atom is -0.308 e. The predicted molar refractivity (Wildman–Crippen MR) is 124 cm³/mol. The number of rotatable bonds is 4. The summed E-state index contributed by atoms with van der Waals surface area (Å²) in [4.78, 5) is 26.8. The number of carbonyl (C=O) groups is 2. The van der Waals surface area contributed by atoms with Crippen LogP contribution in [0.5, 0.6) is 0 Å². The van der Waals surface area contributed by atoms with Crippen LogP contribution in [0.4, 0.5) is 35.0 Å². The Hall–Kier alpha value is -3.46. The third kappa shape index (κ3) is 5.14. The lowest BCUT2D eigenvalue weighted by atomic mass is 10.1. The second kappa shape index (κ2) is 9.19. The second-order valence-electron chi connectivity index (χ2n) is 7.50. The Kier molecular flexibility index (Phi) is 6.33. The number of carbonyl (C=O) groups excluding carboxylic acids is 2. The van der Waals surface area contributed by atoms with Crippen molar-refractivity contribution < 1.29 is 22.8 Å². The zero-order valence-corrected chi connectivity index (χ0v) is 18.3. The van der Waals surface area contributed by atoms with Gasteiger partial charge in [0, 0.05) is 17.1 Å². The molecule has 4 rings (SSSR count). The predicted octanol–water partition coefficient (Wildman–Crippen LogP) is 6.44. The van der Waals surface area contributed by atoms with E-state index in [0.29, 0.717) is 11.4 Å². The third-order valence-corrected chi connectivity index (χ3v) is 6.33. The van der Waals surface area contributed by atoms with Crippen molar-refractivity contribution in [2.24, 2.45) is 0 Å². The molecule has 5 nitrogen and oxygen atoms in total. The van der Waals surface area contributed by atoms with Gasteiger partial charge in [-0.2, -0.15) is 13.2 Å². The van der Waals surface area contributed by atoms with Crippen molar-refractivity contribution >= 4 is 40.8 Å². The summed E-state index contributed by atoms with van der Waals surface area (Å²) in [6, 6.07) is 18.5. The van der Waals surface area contributed by atoms with Gasteiger partial charge in [0.15, 0.2) is 0 Å². The van der Waals surface area contributed by atoms with E-state index in [2.05, 4.69) is 10.6 Å². The van der Waals surface area contributed by atoms with E-state index < -0.39 is 17.8 Å². The summed E-state index contributed by atoms with van der Waals surface area (Å²) in [5.74, 6) is 0.340. The molecule has 1 heterocycles. The molecule has 3 amide bonds. The van der Waals surface area contributed by atoms with Gasteiger partial charge >= 0.3 is 12.2 Å².